The molecule has 0 N–H and O–H groups in total. The number of thiophene rings is 2. The van der Waals surface area contributed by atoms with Crippen LogP contribution in [0.1, 0.15) is 37.7 Å². The molecule has 0 aliphatic heterocycles. The second kappa shape index (κ2) is 7.11. The van der Waals surface area contributed by atoms with Crippen molar-refractivity contribution >= 4 is 39.1 Å². The Hall–Kier alpha value is -1.24. The zero-order chi connectivity index (χ0) is 15.5. The Bertz CT molecular complexity index is 712. The summed E-state index contributed by atoms with van der Waals surface area (Å²) < 4.78 is 0. The van der Waals surface area contributed by atoms with Crippen LogP contribution < -0.4 is 4.90 Å². The fraction of sp³-hybridized carbons (Fsp3) is 0.412. The van der Waals surface area contributed by atoms with E-state index in [0.717, 1.165) is 16.7 Å². The van der Waals surface area contributed by atoms with E-state index in [1.165, 1.54) is 43.2 Å². The average molecular weight is 362 g/mol. The normalized spacial score (nSPS) is 15.8. The van der Waals surface area contributed by atoms with Crippen molar-refractivity contribution in [3.63, 3.8) is 0 Å². The van der Waals surface area contributed by atoms with E-state index in [2.05, 4.69) is 48.8 Å². The smallest absolute Gasteiger partial charge is 0.209 e. The standard InChI is InChI=1S/C17H19N3S3/c1-2-4-15(5-3-1)20(10-13-6-8-21-11-13)17-19-18-16(23-17)14-7-9-22-12-14/h6-9,11-12,15H,1-5,10H2. The van der Waals surface area contributed by atoms with Gasteiger partial charge in [0.05, 0.1) is 0 Å². The molecule has 1 saturated carbocycles. The van der Waals surface area contributed by atoms with E-state index in [1.54, 1.807) is 34.0 Å². The molecule has 23 heavy (non-hydrogen) atoms. The van der Waals surface area contributed by atoms with Gasteiger partial charge < -0.3 is 4.90 Å². The molecular formula is C17H19N3S3. The fourth-order valence-electron chi connectivity index (χ4n) is 3.16. The molecule has 120 valence electrons. The lowest BCUT2D eigenvalue weighted by Gasteiger charge is -2.33. The number of aromatic nitrogens is 2. The van der Waals surface area contributed by atoms with Crippen LogP contribution in [0.5, 0.6) is 0 Å². The van der Waals surface area contributed by atoms with Crippen LogP contribution in [0, 0.1) is 0 Å². The van der Waals surface area contributed by atoms with Gasteiger partial charge in [0.25, 0.3) is 0 Å². The van der Waals surface area contributed by atoms with Crippen molar-refractivity contribution in [3.8, 4) is 10.6 Å². The zero-order valence-electron chi connectivity index (χ0n) is 12.9. The van der Waals surface area contributed by atoms with E-state index < -0.39 is 0 Å². The predicted molar refractivity (Wildman–Crippen MR) is 101 cm³/mol. The topological polar surface area (TPSA) is 29.0 Å². The number of hydrogen-bond donors (Lipinski definition) is 0. The number of nitrogens with zero attached hydrogens (tertiary/aromatic N) is 3. The molecule has 3 heterocycles. The van der Waals surface area contributed by atoms with E-state index in [1.807, 2.05) is 0 Å². The van der Waals surface area contributed by atoms with Crippen molar-refractivity contribution in [2.24, 2.45) is 0 Å². The Morgan fingerprint density at radius 1 is 1.00 bits per heavy atom. The number of anilines is 1. The molecule has 0 bridgehead atoms. The number of hydrogen-bond acceptors (Lipinski definition) is 6. The minimum Gasteiger partial charge on any atom is -0.339 e. The number of rotatable bonds is 5. The maximum atomic E-state index is 4.53. The van der Waals surface area contributed by atoms with Gasteiger partial charge in [0.15, 0.2) is 0 Å². The van der Waals surface area contributed by atoms with Crippen molar-refractivity contribution in [2.75, 3.05) is 4.90 Å². The molecule has 0 amide bonds. The molecule has 4 rings (SSSR count). The Kier molecular flexibility index (Phi) is 4.73. The van der Waals surface area contributed by atoms with E-state index in [0.29, 0.717) is 6.04 Å². The van der Waals surface area contributed by atoms with Crippen molar-refractivity contribution in [3.05, 3.63) is 39.2 Å². The average Bonchev–Trinajstić information content (AvgIpc) is 3.34. The molecule has 0 atom stereocenters. The molecular weight excluding hydrogens is 342 g/mol. The summed E-state index contributed by atoms with van der Waals surface area (Å²) in [5, 5.41) is 19.7. The van der Waals surface area contributed by atoms with E-state index in [4.69, 9.17) is 0 Å². The van der Waals surface area contributed by atoms with Gasteiger partial charge in [-0.15, -0.1) is 10.2 Å². The van der Waals surface area contributed by atoms with Gasteiger partial charge >= 0.3 is 0 Å². The largest absolute Gasteiger partial charge is 0.339 e. The minimum absolute atomic E-state index is 0.604. The van der Waals surface area contributed by atoms with Gasteiger partial charge in [-0.2, -0.15) is 22.7 Å². The third-order valence-electron chi connectivity index (χ3n) is 4.38. The first-order valence-electron chi connectivity index (χ1n) is 8.04. The van der Waals surface area contributed by atoms with Gasteiger partial charge in [-0.3, -0.25) is 0 Å². The highest BCUT2D eigenvalue weighted by atomic mass is 32.1. The van der Waals surface area contributed by atoms with Crippen molar-refractivity contribution in [1.29, 1.82) is 0 Å². The van der Waals surface area contributed by atoms with Crippen LogP contribution in [0.2, 0.25) is 0 Å². The molecule has 0 unspecified atom stereocenters. The molecule has 6 heteroatoms. The molecule has 1 aliphatic carbocycles. The summed E-state index contributed by atoms with van der Waals surface area (Å²) in [6.07, 6.45) is 6.59. The maximum Gasteiger partial charge on any atom is 0.209 e. The fourth-order valence-corrected chi connectivity index (χ4v) is 5.45. The van der Waals surface area contributed by atoms with E-state index in [-0.39, 0.29) is 0 Å². The summed E-state index contributed by atoms with van der Waals surface area (Å²) in [5.74, 6) is 0. The van der Waals surface area contributed by atoms with Gasteiger partial charge in [-0.25, -0.2) is 0 Å². The summed E-state index contributed by atoms with van der Waals surface area (Å²) >= 11 is 5.21. The highest BCUT2D eigenvalue weighted by Crippen LogP contribution is 2.34. The molecule has 0 radical (unpaired) electrons. The summed E-state index contributed by atoms with van der Waals surface area (Å²) in [6.45, 7) is 0.951. The van der Waals surface area contributed by atoms with Crippen LogP contribution >= 0.6 is 34.0 Å². The highest BCUT2D eigenvalue weighted by molar-refractivity contribution is 7.18. The van der Waals surface area contributed by atoms with Crippen molar-refractivity contribution < 1.29 is 0 Å². The second-order valence-electron chi connectivity index (χ2n) is 5.95. The lowest BCUT2D eigenvalue weighted by Crippen LogP contribution is -2.36. The first-order chi connectivity index (χ1) is 11.4. The molecule has 0 spiro atoms. The summed E-state index contributed by atoms with van der Waals surface area (Å²) in [7, 11) is 0. The van der Waals surface area contributed by atoms with Crippen molar-refractivity contribution in [1.82, 2.24) is 10.2 Å². The Morgan fingerprint density at radius 2 is 1.83 bits per heavy atom. The lowest BCUT2D eigenvalue weighted by molar-refractivity contribution is 0.412. The SMILES string of the molecule is c1cc(CN(c2nnc(-c3ccsc3)s2)C2CCCCC2)cs1. The summed E-state index contributed by atoms with van der Waals surface area (Å²) in [4.78, 5) is 2.49. The molecule has 1 aliphatic rings. The third kappa shape index (κ3) is 3.49. The molecule has 0 aromatic carbocycles. The van der Waals surface area contributed by atoms with Gasteiger partial charge in [0.2, 0.25) is 5.13 Å². The Labute approximate surface area is 148 Å². The summed E-state index contributed by atoms with van der Waals surface area (Å²) in [5.41, 5.74) is 2.57. The predicted octanol–water partition coefficient (Wildman–Crippen LogP) is 5.67. The maximum absolute atomic E-state index is 4.53. The quantitative estimate of drug-likeness (QED) is 0.586. The molecule has 0 saturated heterocycles. The Balaban J connectivity index is 1.61. The van der Waals surface area contributed by atoms with Crippen LogP contribution in [0.3, 0.4) is 0 Å². The van der Waals surface area contributed by atoms with Gasteiger partial charge in [-0.05, 0) is 46.7 Å². The molecule has 3 nitrogen and oxygen atoms in total. The molecule has 1 fully saturated rings. The summed E-state index contributed by atoms with van der Waals surface area (Å²) in [6, 6.07) is 4.95. The highest BCUT2D eigenvalue weighted by Gasteiger charge is 2.25. The third-order valence-corrected chi connectivity index (χ3v) is 6.80. The van der Waals surface area contributed by atoms with Crippen LogP contribution in [0.4, 0.5) is 5.13 Å². The van der Waals surface area contributed by atoms with Crippen LogP contribution in [-0.4, -0.2) is 16.2 Å². The van der Waals surface area contributed by atoms with Crippen LogP contribution in [-0.2, 0) is 6.54 Å². The van der Waals surface area contributed by atoms with E-state index in [9.17, 15) is 0 Å². The first-order valence-corrected chi connectivity index (χ1v) is 10.7. The minimum atomic E-state index is 0.604. The molecule has 3 aromatic rings. The first kappa shape index (κ1) is 15.3. The lowest BCUT2D eigenvalue weighted by atomic mass is 9.94. The van der Waals surface area contributed by atoms with Crippen LogP contribution in [0.25, 0.3) is 10.6 Å². The van der Waals surface area contributed by atoms with Crippen LogP contribution in [0.15, 0.2) is 33.7 Å². The van der Waals surface area contributed by atoms with E-state index >= 15 is 0 Å². The van der Waals surface area contributed by atoms with Gasteiger partial charge in [0.1, 0.15) is 5.01 Å². The molecule has 3 aromatic heterocycles. The second-order valence-corrected chi connectivity index (χ2v) is 8.47. The van der Waals surface area contributed by atoms with Gasteiger partial charge in [-0.1, -0.05) is 30.6 Å². The Morgan fingerprint density at radius 3 is 2.57 bits per heavy atom. The zero-order valence-corrected chi connectivity index (χ0v) is 15.3. The van der Waals surface area contributed by atoms with Crippen molar-refractivity contribution in [2.45, 2.75) is 44.7 Å². The monoisotopic (exact) mass is 361 g/mol. The van der Waals surface area contributed by atoms with Gasteiger partial charge in [0, 0.05) is 23.5 Å².